The van der Waals surface area contributed by atoms with Gasteiger partial charge in [0.15, 0.2) is 5.96 Å². The minimum atomic E-state index is -0.132. The number of hydrogen-bond acceptors (Lipinski definition) is 3. The molecule has 24 heavy (non-hydrogen) atoms. The molecule has 1 aromatic rings. The van der Waals surface area contributed by atoms with Crippen LogP contribution in [0.5, 0.6) is 0 Å². The summed E-state index contributed by atoms with van der Waals surface area (Å²) >= 11 is 6.00. The second-order valence-corrected chi connectivity index (χ2v) is 5.57. The molecule has 1 aromatic heterocycles. The number of aromatic nitrogens is 1. The van der Waals surface area contributed by atoms with Gasteiger partial charge >= 0.3 is 0 Å². The summed E-state index contributed by atoms with van der Waals surface area (Å²) < 4.78 is 6.86. The topological polar surface area (TPSA) is 70.9 Å². The third-order valence-electron chi connectivity index (χ3n) is 3.17. The van der Waals surface area contributed by atoms with E-state index in [-0.39, 0.29) is 36.4 Å². The van der Waals surface area contributed by atoms with Crippen LogP contribution < -0.4 is 10.6 Å². The molecule has 0 bridgehead atoms. The van der Waals surface area contributed by atoms with Crippen LogP contribution in [0.3, 0.4) is 0 Å². The van der Waals surface area contributed by atoms with Gasteiger partial charge in [-0.3, -0.25) is 4.79 Å². The normalized spacial score (nSPS) is 11.0. The lowest BCUT2D eigenvalue weighted by molar-refractivity contribution is -0.119. The number of halogens is 2. The van der Waals surface area contributed by atoms with Crippen LogP contribution in [0.25, 0.3) is 0 Å². The molecule has 0 spiro atoms. The molecular weight excluding hydrogens is 445 g/mol. The molecule has 0 saturated carbocycles. The number of aryl methyl sites for hydroxylation is 1. The SMILES string of the molecule is CCNC(=NCC(=O)NCCOC)N(C)Cc1cc(Cl)cn1C.I. The fourth-order valence-electron chi connectivity index (χ4n) is 2.01. The predicted octanol–water partition coefficient (Wildman–Crippen LogP) is 1.46. The van der Waals surface area contributed by atoms with E-state index in [1.807, 2.05) is 42.7 Å². The van der Waals surface area contributed by atoms with Crippen LogP contribution in [-0.2, 0) is 23.1 Å². The number of carbonyl (C=O) groups excluding carboxylic acids is 1. The first-order valence-corrected chi connectivity index (χ1v) is 7.91. The van der Waals surface area contributed by atoms with Crippen LogP contribution in [0, 0.1) is 0 Å². The van der Waals surface area contributed by atoms with Crippen LogP contribution in [0.2, 0.25) is 5.02 Å². The number of aliphatic imine (C=N–C) groups is 1. The average Bonchev–Trinajstić information content (AvgIpc) is 2.81. The molecule has 0 aliphatic heterocycles. The summed E-state index contributed by atoms with van der Waals surface area (Å²) in [6.07, 6.45) is 1.86. The van der Waals surface area contributed by atoms with Crippen LogP contribution in [-0.4, -0.2) is 61.7 Å². The number of carbonyl (C=O) groups is 1. The molecule has 0 aromatic carbocycles. The van der Waals surface area contributed by atoms with Crippen molar-refractivity contribution < 1.29 is 9.53 Å². The van der Waals surface area contributed by atoms with Crippen molar-refractivity contribution in [3.05, 3.63) is 23.0 Å². The number of hydrogen-bond donors (Lipinski definition) is 2. The molecule has 9 heteroatoms. The molecule has 1 amide bonds. The summed E-state index contributed by atoms with van der Waals surface area (Å²) in [4.78, 5) is 18.0. The molecule has 2 N–H and O–H groups in total. The molecule has 0 atom stereocenters. The van der Waals surface area contributed by atoms with Gasteiger partial charge in [-0.2, -0.15) is 0 Å². The molecule has 0 aliphatic rings. The smallest absolute Gasteiger partial charge is 0.241 e. The zero-order chi connectivity index (χ0) is 17.2. The van der Waals surface area contributed by atoms with Gasteiger partial charge in [0, 0.05) is 46.2 Å². The fraction of sp³-hybridized carbons (Fsp3) is 0.600. The highest BCUT2D eigenvalue weighted by Crippen LogP contribution is 2.14. The Hall–Kier alpha value is -1.000. The molecule has 138 valence electrons. The lowest BCUT2D eigenvalue weighted by Crippen LogP contribution is -2.40. The summed E-state index contributed by atoms with van der Waals surface area (Å²) in [6.45, 7) is 4.40. The minimum absolute atomic E-state index is 0. The highest BCUT2D eigenvalue weighted by Gasteiger charge is 2.10. The Bertz CT molecular complexity index is 536. The lowest BCUT2D eigenvalue weighted by Gasteiger charge is -2.22. The first-order valence-electron chi connectivity index (χ1n) is 7.53. The van der Waals surface area contributed by atoms with E-state index in [9.17, 15) is 4.79 Å². The Balaban J connectivity index is 0.00000529. The van der Waals surface area contributed by atoms with Crippen LogP contribution in [0.1, 0.15) is 12.6 Å². The molecule has 0 unspecified atom stereocenters. The second-order valence-electron chi connectivity index (χ2n) is 5.13. The first kappa shape index (κ1) is 23.0. The van der Waals surface area contributed by atoms with Gasteiger partial charge in [0.25, 0.3) is 0 Å². The van der Waals surface area contributed by atoms with E-state index in [1.165, 1.54) is 0 Å². The maximum absolute atomic E-state index is 11.7. The zero-order valence-corrected chi connectivity index (χ0v) is 17.7. The van der Waals surface area contributed by atoms with Gasteiger partial charge in [0.05, 0.1) is 18.2 Å². The van der Waals surface area contributed by atoms with Crippen molar-refractivity contribution in [2.45, 2.75) is 13.5 Å². The fourth-order valence-corrected chi connectivity index (χ4v) is 2.28. The summed E-state index contributed by atoms with van der Waals surface area (Å²) in [5.74, 6) is 0.541. The second kappa shape index (κ2) is 12.4. The predicted molar refractivity (Wildman–Crippen MR) is 108 cm³/mol. The maximum atomic E-state index is 11.7. The van der Waals surface area contributed by atoms with Gasteiger partial charge in [-0.1, -0.05) is 11.6 Å². The molecule has 1 rings (SSSR count). The molecule has 0 fully saturated rings. The van der Waals surface area contributed by atoms with Crippen LogP contribution in [0.15, 0.2) is 17.3 Å². The molecule has 0 saturated heterocycles. The number of nitrogens with zero attached hydrogens (tertiary/aromatic N) is 3. The van der Waals surface area contributed by atoms with Crippen molar-refractivity contribution in [1.82, 2.24) is 20.1 Å². The average molecular weight is 472 g/mol. The molecule has 0 aliphatic carbocycles. The van der Waals surface area contributed by atoms with E-state index < -0.39 is 0 Å². The van der Waals surface area contributed by atoms with Crippen molar-refractivity contribution in [2.24, 2.45) is 12.0 Å². The largest absolute Gasteiger partial charge is 0.383 e. The van der Waals surface area contributed by atoms with Crippen molar-refractivity contribution in [1.29, 1.82) is 0 Å². The highest BCUT2D eigenvalue weighted by molar-refractivity contribution is 14.0. The van der Waals surface area contributed by atoms with Gasteiger partial charge in [-0.05, 0) is 13.0 Å². The van der Waals surface area contributed by atoms with E-state index in [0.717, 1.165) is 12.2 Å². The summed E-state index contributed by atoms with van der Waals surface area (Å²) in [5.41, 5.74) is 1.06. The zero-order valence-electron chi connectivity index (χ0n) is 14.6. The third-order valence-corrected chi connectivity index (χ3v) is 3.38. The molecule has 0 radical (unpaired) electrons. The summed E-state index contributed by atoms with van der Waals surface area (Å²) in [5, 5.41) is 6.63. The quantitative estimate of drug-likeness (QED) is 0.261. The van der Waals surface area contributed by atoms with Gasteiger partial charge < -0.3 is 24.8 Å². The monoisotopic (exact) mass is 471 g/mol. The van der Waals surface area contributed by atoms with Crippen LogP contribution in [0.4, 0.5) is 0 Å². The lowest BCUT2D eigenvalue weighted by atomic mass is 10.4. The summed E-state index contributed by atoms with van der Waals surface area (Å²) in [7, 11) is 5.46. The van der Waals surface area contributed by atoms with E-state index in [0.29, 0.717) is 30.7 Å². The molecule has 1 heterocycles. The van der Waals surface area contributed by atoms with Crippen molar-refractivity contribution in [2.75, 3.05) is 40.4 Å². The number of methoxy groups -OCH3 is 1. The Morgan fingerprint density at radius 3 is 2.71 bits per heavy atom. The van der Waals surface area contributed by atoms with Gasteiger partial charge in [0.1, 0.15) is 6.54 Å². The van der Waals surface area contributed by atoms with E-state index in [4.69, 9.17) is 16.3 Å². The Morgan fingerprint density at radius 2 is 2.17 bits per heavy atom. The van der Waals surface area contributed by atoms with E-state index >= 15 is 0 Å². The number of ether oxygens (including phenoxy) is 1. The number of rotatable bonds is 8. The molecule has 7 nitrogen and oxygen atoms in total. The van der Waals surface area contributed by atoms with Gasteiger partial charge in [0.2, 0.25) is 5.91 Å². The highest BCUT2D eigenvalue weighted by atomic mass is 127. The minimum Gasteiger partial charge on any atom is -0.383 e. The van der Waals surface area contributed by atoms with Gasteiger partial charge in [-0.25, -0.2) is 4.99 Å². The third kappa shape index (κ3) is 8.20. The maximum Gasteiger partial charge on any atom is 0.241 e. The standard InChI is InChI=1S/C15H26ClN5O2.HI/c1-5-17-15(19-9-14(22)18-6-7-23-4)21(3)11-13-8-12(16)10-20(13)2;/h8,10H,5-7,9,11H2,1-4H3,(H,17,19)(H,18,22);1H. The van der Waals surface area contributed by atoms with E-state index in [2.05, 4.69) is 15.6 Å². The first-order chi connectivity index (χ1) is 11.0. The van der Waals surface area contributed by atoms with Crippen molar-refractivity contribution in [3.8, 4) is 0 Å². The number of guanidine groups is 1. The van der Waals surface area contributed by atoms with Crippen LogP contribution >= 0.6 is 35.6 Å². The summed E-state index contributed by atoms with van der Waals surface area (Å²) in [6, 6.07) is 1.92. The van der Waals surface area contributed by atoms with Crippen molar-refractivity contribution >= 4 is 47.4 Å². The molecular formula is C15H27ClIN5O2. The Kier molecular flexibility index (Phi) is 11.9. The van der Waals surface area contributed by atoms with Gasteiger partial charge in [-0.15, -0.1) is 24.0 Å². The number of amides is 1. The Labute approximate surface area is 165 Å². The van der Waals surface area contributed by atoms with Crippen molar-refractivity contribution in [3.63, 3.8) is 0 Å². The Morgan fingerprint density at radius 1 is 1.46 bits per heavy atom. The number of nitrogens with one attached hydrogen (secondary N) is 2. The van der Waals surface area contributed by atoms with E-state index in [1.54, 1.807) is 7.11 Å².